The Morgan fingerprint density at radius 3 is 1.65 bits per heavy atom. The summed E-state index contributed by atoms with van der Waals surface area (Å²) in [6, 6.07) is 0. The smallest absolute Gasteiger partial charge is 0.173 e. The molecule has 0 aliphatic rings. The lowest BCUT2D eigenvalue weighted by Gasteiger charge is -2.24. The van der Waals surface area contributed by atoms with Crippen LogP contribution in [0, 0.1) is 0 Å². The van der Waals surface area contributed by atoms with Gasteiger partial charge in [0.15, 0.2) is 8.38 Å². The maximum absolute atomic E-state index is 6.41. The van der Waals surface area contributed by atoms with E-state index in [1.807, 2.05) is 0 Å². The van der Waals surface area contributed by atoms with Gasteiger partial charge in [-0.15, -0.1) is 0 Å². The van der Waals surface area contributed by atoms with Gasteiger partial charge in [0.2, 0.25) is 0 Å². The number of unbranched alkanes of at least 4 members (excludes halogenated alkanes) is 4. The molecule has 0 fully saturated rings. The van der Waals surface area contributed by atoms with Gasteiger partial charge in [0.25, 0.3) is 0 Å². The first-order valence-electron chi connectivity index (χ1n) is 8.61. The van der Waals surface area contributed by atoms with Crippen molar-refractivity contribution in [3.05, 3.63) is 0 Å². The van der Waals surface area contributed by atoms with Gasteiger partial charge in [-0.05, 0) is 38.0 Å². The van der Waals surface area contributed by atoms with Crippen molar-refractivity contribution in [2.24, 2.45) is 0 Å². The summed E-state index contributed by atoms with van der Waals surface area (Å²) in [6.45, 7) is 9.89. The van der Waals surface area contributed by atoms with Crippen molar-refractivity contribution >= 4 is 16.5 Å². The summed E-state index contributed by atoms with van der Waals surface area (Å²) in [6.07, 6.45) is 13.7. The van der Waals surface area contributed by atoms with Gasteiger partial charge in [0, 0.05) is 14.3 Å². The van der Waals surface area contributed by atoms with Gasteiger partial charge in [-0.25, -0.2) is 0 Å². The van der Waals surface area contributed by atoms with E-state index < -0.39 is 8.38 Å². The van der Waals surface area contributed by atoms with E-state index in [0.717, 1.165) is 19.2 Å². The molecule has 0 aromatic rings. The Morgan fingerprint density at radius 2 is 1.15 bits per heavy atom. The van der Waals surface area contributed by atoms with Crippen LogP contribution in [-0.4, -0.2) is 25.1 Å². The minimum atomic E-state index is -0.622. The normalized spacial score (nSPS) is 13.1. The van der Waals surface area contributed by atoms with E-state index in [1.54, 1.807) is 0 Å². The summed E-state index contributed by atoms with van der Waals surface area (Å²) >= 11 is 0. The average molecular weight is 322 g/mol. The zero-order chi connectivity index (χ0) is 15.1. The molecule has 122 valence electrons. The van der Waals surface area contributed by atoms with Gasteiger partial charge in [-0.1, -0.05) is 53.4 Å². The van der Waals surface area contributed by atoms with Crippen LogP contribution in [0.5, 0.6) is 0 Å². The van der Waals surface area contributed by atoms with Crippen LogP contribution >= 0.6 is 16.5 Å². The van der Waals surface area contributed by atoms with E-state index in [-0.39, 0.29) is 8.15 Å². The molecule has 20 heavy (non-hydrogen) atoms. The largest absolute Gasteiger partial charge is 0.334 e. The standard InChI is InChI=1S/C16H36O2P2/c1-5-9-13-17-20(16-12-8-4)18-19(14-10-6-2)15-11-7-3/h5-16H2,1-4H3. The fraction of sp³-hybridized carbons (Fsp3) is 1.00. The van der Waals surface area contributed by atoms with Gasteiger partial charge < -0.3 is 8.83 Å². The lowest BCUT2D eigenvalue weighted by Crippen LogP contribution is -1.99. The first kappa shape index (κ1) is 20.8. The van der Waals surface area contributed by atoms with Gasteiger partial charge in [-0.3, -0.25) is 0 Å². The minimum absolute atomic E-state index is 0.245. The number of rotatable bonds is 15. The van der Waals surface area contributed by atoms with E-state index in [2.05, 4.69) is 27.7 Å². The van der Waals surface area contributed by atoms with Gasteiger partial charge in [-0.2, -0.15) is 0 Å². The Labute approximate surface area is 130 Å². The second-order valence-corrected chi connectivity index (χ2v) is 9.20. The zero-order valence-electron chi connectivity index (χ0n) is 14.2. The molecule has 0 amide bonds. The van der Waals surface area contributed by atoms with Crippen LogP contribution in [0.15, 0.2) is 0 Å². The van der Waals surface area contributed by atoms with Gasteiger partial charge >= 0.3 is 0 Å². The van der Waals surface area contributed by atoms with Crippen LogP contribution in [0.25, 0.3) is 0 Å². The van der Waals surface area contributed by atoms with Crippen LogP contribution in [0.3, 0.4) is 0 Å². The van der Waals surface area contributed by atoms with Crippen LogP contribution < -0.4 is 0 Å². The molecule has 0 heterocycles. The van der Waals surface area contributed by atoms with E-state index in [0.29, 0.717) is 0 Å². The van der Waals surface area contributed by atoms with Crippen molar-refractivity contribution < 1.29 is 8.83 Å². The quantitative estimate of drug-likeness (QED) is 0.240. The summed E-state index contributed by atoms with van der Waals surface area (Å²) in [5, 5.41) is 0. The topological polar surface area (TPSA) is 18.5 Å². The predicted octanol–water partition coefficient (Wildman–Crippen LogP) is 6.93. The molecule has 0 aromatic heterocycles. The van der Waals surface area contributed by atoms with Crippen LogP contribution in [0.4, 0.5) is 0 Å². The third-order valence-corrected chi connectivity index (χ3v) is 7.59. The maximum atomic E-state index is 6.41. The van der Waals surface area contributed by atoms with Crippen LogP contribution in [-0.2, 0) is 8.83 Å². The van der Waals surface area contributed by atoms with E-state index in [9.17, 15) is 0 Å². The third kappa shape index (κ3) is 12.5. The molecular weight excluding hydrogens is 286 g/mol. The Hall–Kier alpha value is 0.780. The third-order valence-electron chi connectivity index (χ3n) is 3.16. The molecule has 1 atom stereocenters. The summed E-state index contributed by atoms with van der Waals surface area (Å²) < 4.78 is 12.4. The summed E-state index contributed by atoms with van der Waals surface area (Å²) in [4.78, 5) is 0. The van der Waals surface area contributed by atoms with Crippen LogP contribution in [0.1, 0.15) is 79.1 Å². The van der Waals surface area contributed by atoms with E-state index in [4.69, 9.17) is 8.83 Å². The predicted molar refractivity (Wildman–Crippen MR) is 95.1 cm³/mol. The number of hydrogen-bond donors (Lipinski definition) is 0. The maximum Gasteiger partial charge on any atom is 0.173 e. The molecule has 0 aromatic carbocycles. The summed E-state index contributed by atoms with van der Waals surface area (Å²) in [5.41, 5.74) is 0. The lowest BCUT2D eigenvalue weighted by atomic mass is 10.4. The molecular formula is C16H36O2P2. The molecule has 0 aliphatic carbocycles. The van der Waals surface area contributed by atoms with E-state index >= 15 is 0 Å². The molecule has 0 saturated heterocycles. The monoisotopic (exact) mass is 322 g/mol. The Morgan fingerprint density at radius 1 is 0.650 bits per heavy atom. The van der Waals surface area contributed by atoms with Crippen molar-refractivity contribution in [2.75, 3.05) is 25.1 Å². The minimum Gasteiger partial charge on any atom is -0.334 e. The highest BCUT2D eigenvalue weighted by atomic mass is 31.2. The van der Waals surface area contributed by atoms with Crippen molar-refractivity contribution in [3.8, 4) is 0 Å². The molecule has 0 N–H and O–H groups in total. The first-order chi connectivity index (χ1) is 9.78. The Bertz CT molecular complexity index is 183. The molecule has 1 unspecified atom stereocenters. The fourth-order valence-corrected chi connectivity index (χ4v) is 6.51. The van der Waals surface area contributed by atoms with Gasteiger partial charge in [0.1, 0.15) is 0 Å². The van der Waals surface area contributed by atoms with Crippen LogP contribution in [0.2, 0.25) is 0 Å². The summed E-state index contributed by atoms with van der Waals surface area (Å²) in [7, 11) is -0.867. The highest BCUT2D eigenvalue weighted by molar-refractivity contribution is 7.63. The van der Waals surface area contributed by atoms with Gasteiger partial charge in [0.05, 0.1) is 6.61 Å². The lowest BCUT2D eigenvalue weighted by molar-refractivity contribution is 0.310. The molecule has 0 aliphatic heterocycles. The molecule has 2 nitrogen and oxygen atoms in total. The number of hydrogen-bond acceptors (Lipinski definition) is 2. The summed E-state index contributed by atoms with van der Waals surface area (Å²) in [5.74, 6) is 0. The highest BCUT2D eigenvalue weighted by Crippen LogP contribution is 2.55. The average Bonchev–Trinajstić information content (AvgIpc) is 2.47. The van der Waals surface area contributed by atoms with Crippen molar-refractivity contribution in [3.63, 3.8) is 0 Å². The molecule has 4 heteroatoms. The Kier molecular flexibility index (Phi) is 16.8. The molecule has 0 spiro atoms. The van der Waals surface area contributed by atoms with Crippen molar-refractivity contribution in [2.45, 2.75) is 79.1 Å². The van der Waals surface area contributed by atoms with Crippen molar-refractivity contribution in [1.82, 2.24) is 0 Å². The van der Waals surface area contributed by atoms with E-state index in [1.165, 1.54) is 57.3 Å². The fourth-order valence-electron chi connectivity index (χ4n) is 1.72. The SMILES string of the molecule is CCCCOP(CCCC)OP(CCCC)CCCC. The highest BCUT2D eigenvalue weighted by Gasteiger charge is 2.17. The molecule has 0 radical (unpaired) electrons. The van der Waals surface area contributed by atoms with Crippen molar-refractivity contribution in [1.29, 1.82) is 0 Å². The Balaban J connectivity index is 4.18. The second kappa shape index (κ2) is 16.2. The second-order valence-electron chi connectivity index (χ2n) is 5.31. The molecule has 0 rings (SSSR count). The zero-order valence-corrected chi connectivity index (χ0v) is 16.0. The molecule has 0 saturated carbocycles. The molecule has 0 bridgehead atoms. The first-order valence-corrected chi connectivity index (χ1v) is 11.6.